The van der Waals surface area contributed by atoms with Gasteiger partial charge in [0, 0.05) is 11.4 Å². The zero-order valence-electron chi connectivity index (χ0n) is 14.9. The third-order valence-electron chi connectivity index (χ3n) is 3.78. The molecule has 2 rings (SSSR count). The van der Waals surface area contributed by atoms with Crippen LogP contribution in [0.3, 0.4) is 0 Å². The summed E-state index contributed by atoms with van der Waals surface area (Å²) in [6.45, 7) is 2.94. The highest BCUT2D eigenvalue weighted by atomic mass is 35.5. The molecule has 0 saturated heterocycles. The molecule has 140 valence electrons. The van der Waals surface area contributed by atoms with E-state index >= 15 is 0 Å². The van der Waals surface area contributed by atoms with Crippen molar-refractivity contribution in [3.8, 4) is 5.75 Å². The molecule has 2 N–H and O–H groups in total. The zero-order valence-corrected chi connectivity index (χ0v) is 15.6. The molecule has 0 atom stereocenters. The molecule has 0 aromatic heterocycles. The van der Waals surface area contributed by atoms with Crippen molar-refractivity contribution in [1.29, 1.82) is 0 Å². The third kappa shape index (κ3) is 6.92. The summed E-state index contributed by atoms with van der Waals surface area (Å²) in [4.78, 5) is 12.0. The number of amides is 1. The molecular weight excluding hydrogens is 355 g/mol. The predicted octanol–water partition coefficient (Wildman–Crippen LogP) is 5.49. The van der Waals surface area contributed by atoms with Gasteiger partial charge in [-0.05, 0) is 48.9 Å². The monoisotopic (exact) mass is 378 g/mol. The van der Waals surface area contributed by atoms with Crippen molar-refractivity contribution >= 4 is 28.9 Å². The van der Waals surface area contributed by atoms with Gasteiger partial charge in [0.2, 0.25) is 5.91 Å². The Morgan fingerprint density at radius 3 is 2.50 bits per heavy atom. The SMILES string of the molecule is CCCCCCOc1ccc(NC(=O)CNc2ccc(F)c(Cl)c2)cc1. The van der Waals surface area contributed by atoms with Gasteiger partial charge in [-0.2, -0.15) is 0 Å². The summed E-state index contributed by atoms with van der Waals surface area (Å²) in [6, 6.07) is 11.5. The number of anilines is 2. The van der Waals surface area contributed by atoms with Crippen LogP contribution in [0, 0.1) is 5.82 Å². The van der Waals surface area contributed by atoms with Crippen molar-refractivity contribution < 1.29 is 13.9 Å². The van der Waals surface area contributed by atoms with Gasteiger partial charge in [-0.3, -0.25) is 4.79 Å². The Labute approximate surface area is 158 Å². The molecule has 6 heteroatoms. The summed E-state index contributed by atoms with van der Waals surface area (Å²) in [5.74, 6) is 0.0894. The molecule has 0 fully saturated rings. The van der Waals surface area contributed by atoms with E-state index in [2.05, 4.69) is 17.6 Å². The largest absolute Gasteiger partial charge is 0.494 e. The Morgan fingerprint density at radius 1 is 1.08 bits per heavy atom. The lowest BCUT2D eigenvalue weighted by Gasteiger charge is -2.10. The molecule has 0 unspecified atom stereocenters. The lowest BCUT2D eigenvalue weighted by molar-refractivity contribution is -0.114. The van der Waals surface area contributed by atoms with Gasteiger partial charge in [0.25, 0.3) is 0 Å². The van der Waals surface area contributed by atoms with Crippen LogP contribution in [-0.2, 0) is 4.79 Å². The van der Waals surface area contributed by atoms with Crippen LogP contribution in [0.1, 0.15) is 32.6 Å². The third-order valence-corrected chi connectivity index (χ3v) is 4.07. The van der Waals surface area contributed by atoms with Crippen molar-refractivity contribution in [2.45, 2.75) is 32.6 Å². The summed E-state index contributed by atoms with van der Waals surface area (Å²) in [7, 11) is 0. The smallest absolute Gasteiger partial charge is 0.243 e. The Balaban J connectivity index is 1.73. The number of unbranched alkanes of at least 4 members (excludes halogenated alkanes) is 3. The van der Waals surface area contributed by atoms with Gasteiger partial charge in [0.1, 0.15) is 11.6 Å². The van der Waals surface area contributed by atoms with E-state index in [1.54, 1.807) is 12.1 Å². The standard InChI is InChI=1S/C20H24ClFN2O2/c1-2-3-4-5-12-26-17-9-6-15(7-10-17)24-20(25)14-23-16-8-11-19(22)18(21)13-16/h6-11,13,23H,2-5,12,14H2,1H3,(H,24,25). The summed E-state index contributed by atoms with van der Waals surface area (Å²) >= 11 is 5.71. The molecule has 0 aliphatic carbocycles. The van der Waals surface area contributed by atoms with Crippen molar-refractivity contribution in [2.75, 3.05) is 23.8 Å². The number of hydrogen-bond donors (Lipinski definition) is 2. The van der Waals surface area contributed by atoms with Crippen LogP contribution in [0.25, 0.3) is 0 Å². The van der Waals surface area contributed by atoms with Crippen molar-refractivity contribution in [3.05, 3.63) is 53.3 Å². The van der Waals surface area contributed by atoms with Gasteiger partial charge in [-0.25, -0.2) is 4.39 Å². The van der Waals surface area contributed by atoms with Crippen molar-refractivity contribution in [2.24, 2.45) is 0 Å². The number of ether oxygens (including phenoxy) is 1. The summed E-state index contributed by atoms with van der Waals surface area (Å²) < 4.78 is 18.8. The second kappa shape index (κ2) is 10.7. The average Bonchev–Trinajstić information content (AvgIpc) is 2.64. The number of halogens is 2. The Bertz CT molecular complexity index is 707. The molecule has 0 bridgehead atoms. The first-order chi connectivity index (χ1) is 12.6. The summed E-state index contributed by atoms with van der Waals surface area (Å²) in [5, 5.41) is 5.70. The summed E-state index contributed by atoms with van der Waals surface area (Å²) in [6.07, 6.45) is 4.66. The average molecular weight is 379 g/mol. The van der Waals surface area contributed by atoms with E-state index in [0.717, 1.165) is 12.2 Å². The fourth-order valence-corrected chi connectivity index (χ4v) is 2.53. The first-order valence-corrected chi connectivity index (χ1v) is 9.18. The molecule has 0 saturated carbocycles. The van der Waals surface area contributed by atoms with E-state index in [0.29, 0.717) is 18.0 Å². The first kappa shape index (κ1) is 20.0. The Kier molecular flexibility index (Phi) is 8.22. The van der Waals surface area contributed by atoms with Crippen LogP contribution in [0.15, 0.2) is 42.5 Å². The van der Waals surface area contributed by atoms with Gasteiger partial charge in [-0.15, -0.1) is 0 Å². The molecule has 4 nitrogen and oxygen atoms in total. The molecule has 26 heavy (non-hydrogen) atoms. The highest BCUT2D eigenvalue weighted by Gasteiger charge is 2.05. The lowest BCUT2D eigenvalue weighted by Crippen LogP contribution is -2.21. The number of benzene rings is 2. The number of carbonyl (C=O) groups excluding carboxylic acids is 1. The maximum atomic E-state index is 13.1. The topological polar surface area (TPSA) is 50.4 Å². The van der Waals surface area contributed by atoms with Crippen LogP contribution >= 0.6 is 11.6 Å². The van der Waals surface area contributed by atoms with Gasteiger partial charge in [0.05, 0.1) is 18.2 Å². The molecule has 1 amide bonds. The predicted molar refractivity (Wildman–Crippen MR) is 105 cm³/mol. The van der Waals surface area contributed by atoms with Crippen LogP contribution in [0.2, 0.25) is 5.02 Å². The normalized spacial score (nSPS) is 10.4. The van der Waals surface area contributed by atoms with Crippen LogP contribution < -0.4 is 15.4 Å². The van der Waals surface area contributed by atoms with Crippen molar-refractivity contribution in [3.63, 3.8) is 0 Å². The quantitative estimate of drug-likeness (QED) is 0.537. The maximum absolute atomic E-state index is 13.1. The van der Waals surface area contributed by atoms with E-state index in [9.17, 15) is 9.18 Å². The molecule has 0 aliphatic heterocycles. The summed E-state index contributed by atoms with van der Waals surface area (Å²) in [5.41, 5.74) is 1.27. The fourth-order valence-electron chi connectivity index (χ4n) is 2.35. The number of rotatable bonds is 10. The molecule has 2 aromatic rings. The van der Waals surface area contributed by atoms with E-state index in [1.807, 2.05) is 12.1 Å². The van der Waals surface area contributed by atoms with Crippen LogP contribution in [-0.4, -0.2) is 19.1 Å². The number of carbonyl (C=O) groups is 1. The van der Waals surface area contributed by atoms with E-state index in [4.69, 9.17) is 16.3 Å². The molecular formula is C20H24ClFN2O2. The second-order valence-corrected chi connectivity index (χ2v) is 6.37. The lowest BCUT2D eigenvalue weighted by atomic mass is 10.2. The molecule has 0 heterocycles. The highest BCUT2D eigenvalue weighted by molar-refractivity contribution is 6.31. The van der Waals surface area contributed by atoms with Crippen molar-refractivity contribution in [1.82, 2.24) is 0 Å². The number of hydrogen-bond acceptors (Lipinski definition) is 3. The van der Waals surface area contributed by atoms with Crippen LogP contribution in [0.4, 0.5) is 15.8 Å². The van der Waals surface area contributed by atoms with E-state index in [-0.39, 0.29) is 17.5 Å². The van der Waals surface area contributed by atoms with Gasteiger partial charge in [-0.1, -0.05) is 37.8 Å². The zero-order chi connectivity index (χ0) is 18.8. The molecule has 0 spiro atoms. The van der Waals surface area contributed by atoms with Gasteiger partial charge >= 0.3 is 0 Å². The maximum Gasteiger partial charge on any atom is 0.243 e. The second-order valence-electron chi connectivity index (χ2n) is 5.96. The fraction of sp³-hybridized carbons (Fsp3) is 0.350. The van der Waals surface area contributed by atoms with Crippen LogP contribution in [0.5, 0.6) is 5.75 Å². The van der Waals surface area contributed by atoms with Gasteiger partial charge < -0.3 is 15.4 Å². The molecule has 2 aromatic carbocycles. The first-order valence-electron chi connectivity index (χ1n) is 8.80. The Morgan fingerprint density at radius 2 is 1.81 bits per heavy atom. The molecule has 0 aliphatic rings. The minimum Gasteiger partial charge on any atom is -0.494 e. The van der Waals surface area contributed by atoms with Gasteiger partial charge in [0.15, 0.2) is 0 Å². The Hall–Kier alpha value is -2.27. The van der Waals surface area contributed by atoms with E-state index in [1.165, 1.54) is 37.5 Å². The molecule has 0 radical (unpaired) electrons. The minimum absolute atomic E-state index is 0.0145. The minimum atomic E-state index is -0.491. The van der Waals surface area contributed by atoms with E-state index < -0.39 is 5.82 Å². The number of nitrogens with one attached hydrogen (secondary N) is 2. The highest BCUT2D eigenvalue weighted by Crippen LogP contribution is 2.19.